The summed E-state index contributed by atoms with van der Waals surface area (Å²) >= 11 is 0. The Kier molecular flexibility index (Phi) is 3.67. The monoisotopic (exact) mass is 289 g/mol. The standard InChI is InChI=1S/C19H15NO2/c1-21-18-11-10-15-16(19(18)22-2)9-8-14(17(15)12-20)13-6-4-3-5-7-13/h3-11H,1-2H3. The predicted octanol–water partition coefficient (Wildman–Crippen LogP) is 4.40. The topological polar surface area (TPSA) is 42.2 Å². The smallest absolute Gasteiger partial charge is 0.168 e. The zero-order chi connectivity index (χ0) is 15.5. The Labute approximate surface area is 129 Å². The van der Waals surface area contributed by atoms with E-state index in [-0.39, 0.29) is 0 Å². The number of hydrogen-bond donors (Lipinski definition) is 0. The quantitative estimate of drug-likeness (QED) is 0.718. The lowest BCUT2D eigenvalue weighted by Gasteiger charge is -2.13. The summed E-state index contributed by atoms with van der Waals surface area (Å²) in [6, 6.07) is 19.9. The molecule has 0 fully saturated rings. The highest BCUT2D eigenvalue weighted by atomic mass is 16.5. The Morgan fingerprint density at radius 2 is 1.55 bits per heavy atom. The van der Waals surface area contributed by atoms with Crippen LogP contribution in [0.25, 0.3) is 21.9 Å². The van der Waals surface area contributed by atoms with Gasteiger partial charge in [0.25, 0.3) is 0 Å². The molecule has 3 heteroatoms. The zero-order valence-corrected chi connectivity index (χ0v) is 12.5. The van der Waals surface area contributed by atoms with Crippen molar-refractivity contribution in [3.63, 3.8) is 0 Å². The maximum Gasteiger partial charge on any atom is 0.168 e. The van der Waals surface area contributed by atoms with Crippen molar-refractivity contribution in [2.45, 2.75) is 0 Å². The highest BCUT2D eigenvalue weighted by Gasteiger charge is 2.14. The number of methoxy groups -OCH3 is 2. The second-order valence-corrected chi connectivity index (χ2v) is 4.86. The largest absolute Gasteiger partial charge is 0.493 e. The van der Waals surface area contributed by atoms with Gasteiger partial charge in [0.05, 0.1) is 19.8 Å². The van der Waals surface area contributed by atoms with Gasteiger partial charge in [-0.15, -0.1) is 0 Å². The third kappa shape index (κ3) is 2.15. The Bertz CT molecular complexity index is 864. The van der Waals surface area contributed by atoms with Gasteiger partial charge >= 0.3 is 0 Å². The fraction of sp³-hybridized carbons (Fsp3) is 0.105. The summed E-state index contributed by atoms with van der Waals surface area (Å²) in [5.74, 6) is 1.31. The molecule has 0 bridgehead atoms. The summed E-state index contributed by atoms with van der Waals surface area (Å²) in [6.45, 7) is 0. The summed E-state index contributed by atoms with van der Waals surface area (Å²) in [4.78, 5) is 0. The normalized spacial score (nSPS) is 10.2. The average Bonchev–Trinajstić information content (AvgIpc) is 2.60. The SMILES string of the molecule is COc1ccc2c(C#N)c(-c3ccccc3)ccc2c1OC. The molecule has 3 aromatic rings. The van der Waals surface area contributed by atoms with E-state index >= 15 is 0 Å². The van der Waals surface area contributed by atoms with Crippen LogP contribution in [0.2, 0.25) is 0 Å². The number of benzene rings is 3. The zero-order valence-electron chi connectivity index (χ0n) is 12.5. The van der Waals surface area contributed by atoms with Crippen LogP contribution in [0, 0.1) is 11.3 Å². The molecule has 0 amide bonds. The van der Waals surface area contributed by atoms with E-state index in [0.29, 0.717) is 17.1 Å². The van der Waals surface area contributed by atoms with Gasteiger partial charge in [-0.3, -0.25) is 0 Å². The molecule has 0 atom stereocenters. The van der Waals surface area contributed by atoms with Gasteiger partial charge in [-0.25, -0.2) is 0 Å². The number of nitriles is 1. The molecule has 108 valence electrons. The first-order valence-corrected chi connectivity index (χ1v) is 6.93. The van der Waals surface area contributed by atoms with Crippen LogP contribution in [-0.4, -0.2) is 14.2 Å². The van der Waals surface area contributed by atoms with E-state index in [4.69, 9.17) is 9.47 Å². The van der Waals surface area contributed by atoms with Gasteiger partial charge in [0.15, 0.2) is 11.5 Å². The minimum absolute atomic E-state index is 0.643. The molecule has 3 nitrogen and oxygen atoms in total. The number of rotatable bonds is 3. The first kappa shape index (κ1) is 14.0. The predicted molar refractivity (Wildman–Crippen MR) is 87.2 cm³/mol. The van der Waals surface area contributed by atoms with Gasteiger partial charge < -0.3 is 9.47 Å². The molecule has 3 aromatic carbocycles. The summed E-state index contributed by atoms with van der Waals surface area (Å²) in [7, 11) is 3.21. The molecule has 0 saturated carbocycles. The van der Waals surface area contributed by atoms with Crippen molar-refractivity contribution < 1.29 is 9.47 Å². The lowest BCUT2D eigenvalue weighted by atomic mass is 9.94. The summed E-state index contributed by atoms with van der Waals surface area (Å²) < 4.78 is 10.8. The fourth-order valence-electron chi connectivity index (χ4n) is 2.71. The van der Waals surface area contributed by atoms with Crippen LogP contribution in [0.5, 0.6) is 11.5 Å². The maximum atomic E-state index is 9.65. The van der Waals surface area contributed by atoms with Crippen molar-refractivity contribution in [1.82, 2.24) is 0 Å². The van der Waals surface area contributed by atoms with Gasteiger partial charge in [-0.05, 0) is 23.8 Å². The maximum absolute atomic E-state index is 9.65. The molecular weight excluding hydrogens is 274 g/mol. The Balaban J connectivity index is 2.34. The number of ether oxygens (including phenoxy) is 2. The van der Waals surface area contributed by atoms with Crippen molar-refractivity contribution in [3.05, 3.63) is 60.2 Å². The molecule has 0 unspecified atom stereocenters. The van der Waals surface area contributed by atoms with E-state index in [9.17, 15) is 5.26 Å². The molecule has 0 saturated heterocycles. The fourth-order valence-corrected chi connectivity index (χ4v) is 2.71. The highest BCUT2D eigenvalue weighted by Crippen LogP contribution is 2.39. The Morgan fingerprint density at radius 3 is 2.18 bits per heavy atom. The van der Waals surface area contributed by atoms with Crippen molar-refractivity contribution in [3.8, 4) is 28.7 Å². The second-order valence-electron chi connectivity index (χ2n) is 4.86. The lowest BCUT2D eigenvalue weighted by molar-refractivity contribution is 0.358. The molecule has 0 aliphatic rings. The van der Waals surface area contributed by atoms with Crippen molar-refractivity contribution in [2.75, 3.05) is 14.2 Å². The van der Waals surface area contributed by atoms with Gasteiger partial charge in [-0.2, -0.15) is 5.26 Å². The van der Waals surface area contributed by atoms with Crippen molar-refractivity contribution in [1.29, 1.82) is 5.26 Å². The van der Waals surface area contributed by atoms with E-state index in [0.717, 1.165) is 21.9 Å². The molecule has 0 aliphatic carbocycles. The summed E-state index contributed by atoms with van der Waals surface area (Å²) in [5.41, 5.74) is 2.59. The molecule has 0 aromatic heterocycles. The summed E-state index contributed by atoms with van der Waals surface area (Å²) in [5, 5.41) is 11.4. The minimum atomic E-state index is 0.643. The van der Waals surface area contributed by atoms with Gasteiger partial charge in [0.1, 0.15) is 6.07 Å². The van der Waals surface area contributed by atoms with Crippen LogP contribution in [0.4, 0.5) is 0 Å². The number of fused-ring (bicyclic) bond motifs is 1. The van der Waals surface area contributed by atoms with Crippen LogP contribution in [0.1, 0.15) is 5.56 Å². The van der Waals surface area contributed by atoms with Crippen LogP contribution in [0.3, 0.4) is 0 Å². The van der Waals surface area contributed by atoms with E-state index < -0.39 is 0 Å². The van der Waals surface area contributed by atoms with Gasteiger partial charge in [0, 0.05) is 16.3 Å². The third-order valence-electron chi connectivity index (χ3n) is 3.74. The van der Waals surface area contributed by atoms with Crippen molar-refractivity contribution in [2.24, 2.45) is 0 Å². The average molecular weight is 289 g/mol. The minimum Gasteiger partial charge on any atom is -0.493 e. The first-order chi connectivity index (χ1) is 10.8. The van der Waals surface area contributed by atoms with Gasteiger partial charge in [-0.1, -0.05) is 36.4 Å². The molecule has 0 heterocycles. The second kappa shape index (κ2) is 5.79. The molecule has 3 rings (SSSR count). The first-order valence-electron chi connectivity index (χ1n) is 6.93. The lowest BCUT2D eigenvalue weighted by Crippen LogP contribution is -1.94. The van der Waals surface area contributed by atoms with Crippen LogP contribution in [-0.2, 0) is 0 Å². The van der Waals surface area contributed by atoms with Gasteiger partial charge in [0.2, 0.25) is 0 Å². The number of hydrogen-bond acceptors (Lipinski definition) is 3. The molecular formula is C19H15NO2. The molecule has 0 spiro atoms. The van der Waals surface area contributed by atoms with Crippen molar-refractivity contribution >= 4 is 10.8 Å². The van der Waals surface area contributed by atoms with Crippen LogP contribution in [0.15, 0.2) is 54.6 Å². The van der Waals surface area contributed by atoms with E-state index in [1.807, 2.05) is 54.6 Å². The molecule has 0 radical (unpaired) electrons. The summed E-state index contributed by atoms with van der Waals surface area (Å²) in [6.07, 6.45) is 0. The van der Waals surface area contributed by atoms with Crippen LogP contribution >= 0.6 is 0 Å². The van der Waals surface area contributed by atoms with E-state index in [2.05, 4.69) is 6.07 Å². The number of nitrogens with zero attached hydrogens (tertiary/aromatic N) is 1. The Morgan fingerprint density at radius 1 is 0.818 bits per heavy atom. The van der Waals surface area contributed by atoms with E-state index in [1.165, 1.54) is 0 Å². The molecule has 0 aliphatic heterocycles. The molecule has 22 heavy (non-hydrogen) atoms. The van der Waals surface area contributed by atoms with E-state index in [1.54, 1.807) is 14.2 Å². The van der Waals surface area contributed by atoms with Crippen LogP contribution < -0.4 is 9.47 Å². The molecule has 0 N–H and O–H groups in total. The highest BCUT2D eigenvalue weighted by molar-refractivity contribution is 5.99. The third-order valence-corrected chi connectivity index (χ3v) is 3.74. The Hall–Kier alpha value is -2.99.